The molecule has 1 aromatic rings. The van der Waals surface area contributed by atoms with Crippen molar-refractivity contribution in [2.45, 2.75) is 25.8 Å². The van der Waals surface area contributed by atoms with Gasteiger partial charge in [0.05, 0.1) is 6.61 Å². The molecule has 1 atom stereocenters. The third-order valence-corrected chi connectivity index (χ3v) is 2.58. The average molecular weight is 222 g/mol. The molecular formula is C11H18N4O. The number of nitrogens with zero attached hydrogens (tertiary/aromatic N) is 2. The minimum Gasteiger partial charge on any atom is -0.478 e. The van der Waals surface area contributed by atoms with Gasteiger partial charge >= 0.3 is 0 Å². The number of anilines is 1. The van der Waals surface area contributed by atoms with Gasteiger partial charge in [-0.3, -0.25) is 0 Å². The van der Waals surface area contributed by atoms with Crippen molar-refractivity contribution in [2.75, 3.05) is 25.0 Å². The summed E-state index contributed by atoms with van der Waals surface area (Å²) in [6, 6.07) is 2.30. The van der Waals surface area contributed by atoms with Crippen molar-refractivity contribution < 1.29 is 4.74 Å². The maximum Gasteiger partial charge on any atom is 0.218 e. The maximum atomic E-state index is 5.33. The number of ether oxygens (including phenoxy) is 1. The fraction of sp³-hybridized carbons (Fsp3) is 0.636. The molecule has 0 saturated carbocycles. The zero-order valence-electron chi connectivity index (χ0n) is 9.57. The third-order valence-electron chi connectivity index (χ3n) is 2.58. The topological polar surface area (TPSA) is 59.1 Å². The molecule has 16 heavy (non-hydrogen) atoms. The molecule has 2 N–H and O–H groups in total. The number of nitrogens with one attached hydrogen (secondary N) is 2. The van der Waals surface area contributed by atoms with Crippen molar-refractivity contribution in [3.63, 3.8) is 0 Å². The predicted molar refractivity (Wildman–Crippen MR) is 62.7 cm³/mol. The summed E-state index contributed by atoms with van der Waals surface area (Å²) in [7, 11) is 0. The molecule has 0 unspecified atom stereocenters. The molecule has 1 aliphatic heterocycles. The summed E-state index contributed by atoms with van der Waals surface area (Å²) in [5.41, 5.74) is 0. The van der Waals surface area contributed by atoms with Crippen molar-refractivity contribution in [1.82, 2.24) is 15.3 Å². The summed E-state index contributed by atoms with van der Waals surface area (Å²) in [5, 5.41) is 6.74. The van der Waals surface area contributed by atoms with E-state index in [1.807, 2.05) is 13.0 Å². The highest BCUT2D eigenvalue weighted by Gasteiger charge is 2.13. The van der Waals surface area contributed by atoms with Gasteiger partial charge in [-0.25, -0.2) is 9.97 Å². The Morgan fingerprint density at radius 3 is 3.25 bits per heavy atom. The zero-order chi connectivity index (χ0) is 11.2. The van der Waals surface area contributed by atoms with Crippen LogP contribution >= 0.6 is 0 Å². The van der Waals surface area contributed by atoms with Crippen molar-refractivity contribution in [1.29, 1.82) is 0 Å². The quantitative estimate of drug-likeness (QED) is 0.797. The van der Waals surface area contributed by atoms with Crippen LogP contribution in [0.2, 0.25) is 0 Å². The van der Waals surface area contributed by atoms with Crippen molar-refractivity contribution in [3.8, 4) is 5.88 Å². The largest absolute Gasteiger partial charge is 0.478 e. The Morgan fingerprint density at radius 2 is 2.50 bits per heavy atom. The van der Waals surface area contributed by atoms with Crippen LogP contribution in [0.1, 0.15) is 19.8 Å². The van der Waals surface area contributed by atoms with E-state index in [-0.39, 0.29) is 0 Å². The lowest BCUT2D eigenvalue weighted by molar-refractivity contribution is 0.326. The summed E-state index contributed by atoms with van der Waals surface area (Å²) in [6.45, 7) is 4.68. The Hall–Kier alpha value is -1.36. The van der Waals surface area contributed by atoms with Crippen LogP contribution in [0.25, 0.3) is 0 Å². The first-order valence-electron chi connectivity index (χ1n) is 5.80. The monoisotopic (exact) mass is 222 g/mol. The molecule has 0 aliphatic carbocycles. The van der Waals surface area contributed by atoms with Crippen LogP contribution in [-0.2, 0) is 0 Å². The Morgan fingerprint density at radius 1 is 1.56 bits per heavy atom. The van der Waals surface area contributed by atoms with Gasteiger partial charge in [0.15, 0.2) is 0 Å². The van der Waals surface area contributed by atoms with E-state index >= 15 is 0 Å². The van der Waals surface area contributed by atoms with E-state index in [4.69, 9.17) is 4.74 Å². The van der Waals surface area contributed by atoms with E-state index in [0.29, 0.717) is 18.5 Å². The summed E-state index contributed by atoms with van der Waals surface area (Å²) in [5.74, 6) is 1.47. The smallest absolute Gasteiger partial charge is 0.218 e. The second kappa shape index (κ2) is 5.65. The van der Waals surface area contributed by atoms with Gasteiger partial charge in [0.2, 0.25) is 5.88 Å². The first-order chi connectivity index (χ1) is 7.88. The van der Waals surface area contributed by atoms with Gasteiger partial charge in [0, 0.05) is 18.7 Å². The molecule has 5 nitrogen and oxygen atoms in total. The Bertz CT molecular complexity index is 326. The summed E-state index contributed by atoms with van der Waals surface area (Å²) >= 11 is 0. The molecule has 1 fully saturated rings. The highest BCUT2D eigenvalue weighted by molar-refractivity contribution is 5.38. The lowest BCUT2D eigenvalue weighted by Crippen LogP contribution is -2.38. The molecule has 1 aliphatic rings. The number of hydrogen-bond acceptors (Lipinski definition) is 5. The summed E-state index contributed by atoms with van der Waals surface area (Å²) < 4.78 is 5.33. The maximum absolute atomic E-state index is 5.33. The highest BCUT2D eigenvalue weighted by Crippen LogP contribution is 2.14. The Labute approximate surface area is 95.6 Å². The molecule has 0 bridgehead atoms. The van der Waals surface area contributed by atoms with E-state index in [1.54, 1.807) is 0 Å². The molecule has 1 aromatic heterocycles. The number of rotatable bonds is 4. The molecular weight excluding hydrogens is 204 g/mol. The second-order valence-corrected chi connectivity index (χ2v) is 3.86. The zero-order valence-corrected chi connectivity index (χ0v) is 9.57. The van der Waals surface area contributed by atoms with Gasteiger partial charge in [-0.2, -0.15) is 0 Å². The van der Waals surface area contributed by atoms with Crippen LogP contribution in [0, 0.1) is 0 Å². The Balaban J connectivity index is 1.94. The molecule has 1 saturated heterocycles. The molecule has 0 amide bonds. The lowest BCUT2D eigenvalue weighted by atomic mass is 10.1. The summed E-state index contributed by atoms with van der Waals surface area (Å²) in [4.78, 5) is 8.22. The first kappa shape index (κ1) is 11.1. The van der Waals surface area contributed by atoms with Crippen molar-refractivity contribution in [2.24, 2.45) is 0 Å². The third kappa shape index (κ3) is 3.06. The lowest BCUT2D eigenvalue weighted by Gasteiger charge is -2.24. The standard InChI is InChI=1S/C11H18N4O/c1-2-16-11-6-10(13-8-14-11)15-9-4-3-5-12-7-9/h6,8-9,12H,2-5,7H2,1H3,(H,13,14,15)/t9-/m1/s1. The van der Waals surface area contributed by atoms with Crippen LogP contribution in [0.3, 0.4) is 0 Å². The molecule has 2 heterocycles. The average Bonchev–Trinajstić information content (AvgIpc) is 2.31. The van der Waals surface area contributed by atoms with Gasteiger partial charge in [-0.1, -0.05) is 0 Å². The van der Waals surface area contributed by atoms with Crippen LogP contribution < -0.4 is 15.4 Å². The van der Waals surface area contributed by atoms with Crippen molar-refractivity contribution >= 4 is 5.82 Å². The molecule has 0 radical (unpaired) electrons. The van der Waals surface area contributed by atoms with E-state index in [0.717, 1.165) is 18.9 Å². The second-order valence-electron chi connectivity index (χ2n) is 3.86. The van der Waals surface area contributed by atoms with Crippen LogP contribution in [0.5, 0.6) is 5.88 Å². The van der Waals surface area contributed by atoms with E-state index in [1.165, 1.54) is 19.2 Å². The predicted octanol–water partition coefficient (Wildman–Crippen LogP) is 1.04. The molecule has 88 valence electrons. The van der Waals surface area contributed by atoms with Gasteiger partial charge in [-0.15, -0.1) is 0 Å². The normalized spacial score (nSPS) is 20.4. The van der Waals surface area contributed by atoms with Gasteiger partial charge < -0.3 is 15.4 Å². The SMILES string of the molecule is CCOc1cc(N[C@@H]2CCCNC2)ncn1. The number of piperidine rings is 1. The van der Waals surface area contributed by atoms with E-state index < -0.39 is 0 Å². The van der Waals surface area contributed by atoms with E-state index in [2.05, 4.69) is 20.6 Å². The fourth-order valence-electron chi connectivity index (χ4n) is 1.83. The van der Waals surface area contributed by atoms with Crippen LogP contribution in [-0.4, -0.2) is 35.7 Å². The van der Waals surface area contributed by atoms with Crippen LogP contribution in [0.15, 0.2) is 12.4 Å². The fourth-order valence-corrected chi connectivity index (χ4v) is 1.83. The van der Waals surface area contributed by atoms with E-state index in [9.17, 15) is 0 Å². The molecule has 0 spiro atoms. The van der Waals surface area contributed by atoms with Crippen molar-refractivity contribution in [3.05, 3.63) is 12.4 Å². The minimum atomic E-state index is 0.457. The van der Waals surface area contributed by atoms with Gasteiger partial charge in [-0.05, 0) is 26.3 Å². The highest BCUT2D eigenvalue weighted by atomic mass is 16.5. The van der Waals surface area contributed by atoms with Gasteiger partial charge in [0.1, 0.15) is 12.1 Å². The molecule has 2 rings (SSSR count). The first-order valence-corrected chi connectivity index (χ1v) is 5.80. The Kier molecular flexibility index (Phi) is 3.93. The molecule has 0 aromatic carbocycles. The minimum absolute atomic E-state index is 0.457. The molecule has 5 heteroatoms. The van der Waals surface area contributed by atoms with Gasteiger partial charge in [0.25, 0.3) is 0 Å². The number of hydrogen-bond donors (Lipinski definition) is 2. The number of aromatic nitrogens is 2. The van der Waals surface area contributed by atoms with Crippen LogP contribution in [0.4, 0.5) is 5.82 Å². The summed E-state index contributed by atoms with van der Waals surface area (Å²) in [6.07, 6.45) is 3.92.